The molecule has 0 aliphatic carbocycles. The summed E-state index contributed by atoms with van der Waals surface area (Å²) >= 11 is 0. The fraction of sp³-hybridized carbons (Fsp3) is 0.900. The molecule has 0 radical (unpaired) electrons. The fourth-order valence-corrected chi connectivity index (χ4v) is 1.60. The van der Waals surface area contributed by atoms with E-state index in [1.54, 1.807) is 0 Å². The first-order chi connectivity index (χ1) is 8.79. The highest BCUT2D eigenvalue weighted by atomic mass is 19.4. The van der Waals surface area contributed by atoms with Gasteiger partial charge >= 0.3 is 12.1 Å². The topological polar surface area (TPSA) is 88.0 Å². The smallest absolute Gasteiger partial charge is 0.475 e. The van der Waals surface area contributed by atoms with Gasteiger partial charge in [0.05, 0.1) is 37.9 Å². The van der Waals surface area contributed by atoms with Crippen molar-refractivity contribution in [2.45, 2.75) is 12.3 Å². The average Bonchev–Trinajstić information content (AvgIpc) is 2.49. The molecule has 0 amide bonds. The Balaban J connectivity index is 0.000000224. The minimum absolute atomic E-state index is 0.0371. The number of carbonyl (C=O) groups is 1. The summed E-state index contributed by atoms with van der Waals surface area (Å²) in [6, 6.07) is 0. The van der Waals surface area contributed by atoms with Crippen molar-refractivity contribution in [3.05, 3.63) is 0 Å². The zero-order valence-electron chi connectivity index (χ0n) is 10.1. The third-order valence-electron chi connectivity index (χ3n) is 2.76. The Labute approximate surface area is 107 Å². The minimum Gasteiger partial charge on any atom is -0.475 e. The third kappa shape index (κ3) is 4.94. The van der Waals surface area contributed by atoms with E-state index in [1.165, 1.54) is 0 Å². The second kappa shape index (κ2) is 6.51. The van der Waals surface area contributed by atoms with Crippen LogP contribution in [-0.4, -0.2) is 68.0 Å². The van der Waals surface area contributed by atoms with Gasteiger partial charge in [0.1, 0.15) is 0 Å². The van der Waals surface area contributed by atoms with E-state index in [9.17, 15) is 13.2 Å². The van der Waals surface area contributed by atoms with Gasteiger partial charge in [-0.05, 0) is 0 Å². The number of hydrogen-bond acceptors (Lipinski definition) is 5. The van der Waals surface area contributed by atoms with Crippen molar-refractivity contribution in [1.82, 2.24) is 5.32 Å². The van der Waals surface area contributed by atoms with Gasteiger partial charge in [-0.1, -0.05) is 0 Å². The van der Waals surface area contributed by atoms with Gasteiger partial charge in [0, 0.05) is 13.1 Å². The van der Waals surface area contributed by atoms with Crippen LogP contribution in [0.4, 0.5) is 13.2 Å². The molecule has 9 heteroatoms. The average molecular weight is 287 g/mol. The van der Waals surface area contributed by atoms with E-state index in [4.69, 9.17) is 24.5 Å². The van der Waals surface area contributed by atoms with Crippen LogP contribution >= 0.6 is 0 Å². The summed E-state index contributed by atoms with van der Waals surface area (Å²) in [6.45, 7) is 4.09. The van der Waals surface area contributed by atoms with E-state index in [-0.39, 0.29) is 18.1 Å². The molecule has 2 aliphatic heterocycles. The van der Waals surface area contributed by atoms with Crippen LogP contribution in [0.5, 0.6) is 0 Å². The summed E-state index contributed by atoms with van der Waals surface area (Å²) in [7, 11) is 0. The molecule has 6 nitrogen and oxygen atoms in total. The molecule has 3 N–H and O–H groups in total. The number of carboxylic acids is 1. The third-order valence-corrected chi connectivity index (χ3v) is 2.76. The molecule has 2 saturated heterocycles. The van der Waals surface area contributed by atoms with E-state index >= 15 is 0 Å². The number of ether oxygens (including phenoxy) is 2. The zero-order valence-corrected chi connectivity index (χ0v) is 10.1. The predicted octanol–water partition coefficient (Wildman–Crippen LogP) is -0.383. The van der Waals surface area contributed by atoms with Gasteiger partial charge in [0.15, 0.2) is 0 Å². The van der Waals surface area contributed by atoms with E-state index in [1.807, 2.05) is 0 Å². The van der Waals surface area contributed by atoms with Crippen molar-refractivity contribution in [2.75, 3.05) is 39.5 Å². The van der Waals surface area contributed by atoms with Crippen LogP contribution < -0.4 is 5.32 Å². The predicted molar refractivity (Wildman–Crippen MR) is 56.6 cm³/mol. The largest absolute Gasteiger partial charge is 0.490 e. The van der Waals surface area contributed by atoms with Crippen LogP contribution in [0.1, 0.15) is 0 Å². The van der Waals surface area contributed by atoms with Crippen molar-refractivity contribution < 1.29 is 37.7 Å². The minimum atomic E-state index is -5.08. The summed E-state index contributed by atoms with van der Waals surface area (Å²) in [5.41, 5.74) is 0.198. The van der Waals surface area contributed by atoms with E-state index in [2.05, 4.69) is 5.32 Å². The number of aliphatic hydroxyl groups is 1. The second-order valence-electron chi connectivity index (χ2n) is 4.54. The standard InChI is InChI=1S/C8H15NO3.C2HF3O2/c10-2-7-1-9-3-8(6-12-7)4-11-5-8;3-2(4,5)1(6)7/h7,9-10H,1-6H2;(H,6,7)/t7-;/m0./s1. The highest BCUT2D eigenvalue weighted by Crippen LogP contribution is 2.28. The molecule has 2 heterocycles. The first kappa shape index (κ1) is 16.2. The monoisotopic (exact) mass is 287 g/mol. The Hall–Kier alpha value is -0.900. The highest BCUT2D eigenvalue weighted by Gasteiger charge is 2.40. The quantitative estimate of drug-likeness (QED) is 0.609. The van der Waals surface area contributed by atoms with Gasteiger partial charge in [0.25, 0.3) is 0 Å². The lowest BCUT2D eigenvalue weighted by atomic mass is 9.87. The molecule has 2 fully saturated rings. The Morgan fingerprint density at radius 1 is 1.37 bits per heavy atom. The van der Waals surface area contributed by atoms with Crippen LogP contribution in [0, 0.1) is 5.41 Å². The van der Waals surface area contributed by atoms with Gasteiger partial charge in [0.2, 0.25) is 0 Å². The molecule has 0 aromatic heterocycles. The highest BCUT2D eigenvalue weighted by molar-refractivity contribution is 5.73. The normalized spacial score (nSPS) is 25.8. The summed E-state index contributed by atoms with van der Waals surface area (Å²) < 4.78 is 42.4. The SMILES string of the molecule is O=C(O)C(F)(F)F.OC[C@@H]1CNCC2(COC2)CO1. The van der Waals surface area contributed by atoms with E-state index in [0.29, 0.717) is 6.61 Å². The summed E-state index contributed by atoms with van der Waals surface area (Å²) in [4.78, 5) is 8.90. The van der Waals surface area contributed by atoms with Crippen molar-refractivity contribution in [3.8, 4) is 0 Å². The summed E-state index contributed by atoms with van der Waals surface area (Å²) in [5, 5.41) is 19.3. The molecule has 1 spiro atoms. The molecule has 112 valence electrons. The molecular formula is C10H16F3NO5. The number of alkyl halides is 3. The van der Waals surface area contributed by atoms with Crippen molar-refractivity contribution in [2.24, 2.45) is 5.41 Å². The molecule has 0 unspecified atom stereocenters. The van der Waals surface area contributed by atoms with Gasteiger partial charge < -0.3 is 25.0 Å². The molecule has 1 atom stereocenters. The number of nitrogens with one attached hydrogen (secondary N) is 1. The second-order valence-corrected chi connectivity index (χ2v) is 4.54. The molecular weight excluding hydrogens is 271 g/mol. The van der Waals surface area contributed by atoms with Crippen LogP contribution in [0.3, 0.4) is 0 Å². The number of halogens is 3. The molecule has 0 saturated carbocycles. The molecule has 0 aromatic carbocycles. The van der Waals surface area contributed by atoms with Crippen LogP contribution in [0.2, 0.25) is 0 Å². The van der Waals surface area contributed by atoms with E-state index in [0.717, 1.165) is 26.3 Å². The number of carboxylic acid groups (broad SMARTS) is 1. The summed E-state index contributed by atoms with van der Waals surface area (Å²) in [6.07, 6.45) is -5.12. The number of hydrogen-bond donors (Lipinski definition) is 3. The Morgan fingerprint density at radius 2 is 1.95 bits per heavy atom. The molecule has 0 bridgehead atoms. The molecule has 2 rings (SSSR count). The Bertz CT molecular complexity index is 306. The van der Waals surface area contributed by atoms with Crippen molar-refractivity contribution in [1.29, 1.82) is 0 Å². The molecule has 0 aromatic rings. The van der Waals surface area contributed by atoms with Crippen LogP contribution in [-0.2, 0) is 14.3 Å². The van der Waals surface area contributed by atoms with Crippen LogP contribution in [0.15, 0.2) is 0 Å². The number of aliphatic hydroxyl groups excluding tert-OH is 1. The molecule has 19 heavy (non-hydrogen) atoms. The van der Waals surface area contributed by atoms with Crippen LogP contribution in [0.25, 0.3) is 0 Å². The number of rotatable bonds is 1. The van der Waals surface area contributed by atoms with Crippen molar-refractivity contribution in [3.63, 3.8) is 0 Å². The van der Waals surface area contributed by atoms with Gasteiger partial charge in [-0.2, -0.15) is 13.2 Å². The van der Waals surface area contributed by atoms with Crippen molar-refractivity contribution >= 4 is 5.97 Å². The Kier molecular flexibility index (Phi) is 5.53. The maximum absolute atomic E-state index is 10.6. The number of aliphatic carboxylic acids is 1. The Morgan fingerprint density at radius 3 is 2.32 bits per heavy atom. The molecule has 2 aliphatic rings. The van der Waals surface area contributed by atoms with E-state index < -0.39 is 12.1 Å². The van der Waals surface area contributed by atoms with Gasteiger partial charge in [-0.3, -0.25) is 0 Å². The van der Waals surface area contributed by atoms with Gasteiger partial charge in [-0.15, -0.1) is 0 Å². The first-order valence-corrected chi connectivity index (χ1v) is 5.60. The maximum Gasteiger partial charge on any atom is 0.490 e. The lowest BCUT2D eigenvalue weighted by Gasteiger charge is -2.39. The summed E-state index contributed by atoms with van der Waals surface area (Å²) in [5.74, 6) is -2.76. The zero-order chi connectivity index (χ0) is 14.5. The van der Waals surface area contributed by atoms with Gasteiger partial charge in [-0.25, -0.2) is 4.79 Å². The first-order valence-electron chi connectivity index (χ1n) is 5.60. The lowest BCUT2D eigenvalue weighted by Crippen LogP contribution is -2.51. The lowest BCUT2D eigenvalue weighted by molar-refractivity contribution is -0.192. The maximum atomic E-state index is 10.6. The fourth-order valence-electron chi connectivity index (χ4n) is 1.60.